The topological polar surface area (TPSA) is 69.7 Å². The zero-order chi connectivity index (χ0) is 20.1. The Balaban J connectivity index is 1.68. The van der Waals surface area contributed by atoms with E-state index in [1.165, 1.54) is 15.2 Å². The van der Waals surface area contributed by atoms with Crippen LogP contribution in [0.2, 0.25) is 0 Å². The molecule has 0 saturated carbocycles. The lowest BCUT2D eigenvalue weighted by atomic mass is 10.2. The number of nitrogens with one attached hydrogen (secondary N) is 1. The van der Waals surface area contributed by atoms with Crippen molar-refractivity contribution in [2.75, 3.05) is 31.5 Å². The number of hydrogen-bond donors (Lipinski definition) is 1. The first-order chi connectivity index (χ1) is 13.5. The van der Waals surface area contributed by atoms with E-state index in [1.807, 2.05) is 19.9 Å². The summed E-state index contributed by atoms with van der Waals surface area (Å²) in [6, 6.07) is 10.9. The number of anilines is 1. The minimum atomic E-state index is -3.55. The maximum absolute atomic E-state index is 12.7. The highest BCUT2D eigenvalue weighted by Crippen LogP contribution is 2.34. The molecule has 0 radical (unpaired) electrons. The summed E-state index contributed by atoms with van der Waals surface area (Å²) in [6.45, 7) is 5.64. The van der Waals surface area contributed by atoms with Crippen LogP contribution in [0, 0.1) is 0 Å². The smallest absolute Gasteiger partial charge is 0.243 e. The van der Waals surface area contributed by atoms with Crippen LogP contribution in [0.3, 0.4) is 0 Å². The molecule has 1 aliphatic rings. The molecule has 6 nitrogen and oxygen atoms in total. The number of rotatable bonds is 8. The van der Waals surface area contributed by atoms with Crippen molar-refractivity contribution in [1.29, 1.82) is 0 Å². The molecule has 1 aliphatic heterocycles. The van der Waals surface area contributed by atoms with Gasteiger partial charge in [-0.15, -0.1) is 11.3 Å². The Hall–Kier alpha value is -1.74. The average molecular weight is 422 g/mol. The van der Waals surface area contributed by atoms with Gasteiger partial charge in [-0.2, -0.15) is 4.31 Å². The van der Waals surface area contributed by atoms with Crippen molar-refractivity contribution in [2.45, 2.75) is 37.6 Å². The largest absolute Gasteiger partial charge is 0.325 e. The van der Waals surface area contributed by atoms with Gasteiger partial charge in [-0.1, -0.05) is 26.0 Å². The van der Waals surface area contributed by atoms with Crippen LogP contribution in [-0.4, -0.2) is 49.7 Å². The van der Waals surface area contributed by atoms with E-state index >= 15 is 0 Å². The molecule has 1 aromatic carbocycles. The number of carbonyl (C=O) groups is 1. The second kappa shape index (κ2) is 9.17. The maximum atomic E-state index is 12.7. The summed E-state index contributed by atoms with van der Waals surface area (Å²) < 4.78 is 26.8. The second-order valence-electron chi connectivity index (χ2n) is 6.81. The van der Waals surface area contributed by atoms with Gasteiger partial charge in [-0.05, 0) is 49.0 Å². The van der Waals surface area contributed by atoms with Gasteiger partial charge in [-0.3, -0.25) is 9.69 Å². The molecule has 2 heterocycles. The fourth-order valence-corrected chi connectivity index (χ4v) is 6.05. The summed E-state index contributed by atoms with van der Waals surface area (Å²) in [4.78, 5) is 16.3. The maximum Gasteiger partial charge on any atom is 0.243 e. The number of sulfonamides is 1. The molecule has 3 rings (SSSR count). The lowest BCUT2D eigenvalue weighted by Crippen LogP contribution is -2.33. The Labute approximate surface area is 171 Å². The van der Waals surface area contributed by atoms with Gasteiger partial charge >= 0.3 is 0 Å². The summed E-state index contributed by atoms with van der Waals surface area (Å²) >= 11 is 1.72. The minimum absolute atomic E-state index is 0.124. The van der Waals surface area contributed by atoms with Gasteiger partial charge in [0.05, 0.1) is 11.4 Å². The number of thiophene rings is 1. The molecular weight excluding hydrogens is 394 g/mol. The minimum Gasteiger partial charge on any atom is -0.325 e. The van der Waals surface area contributed by atoms with Crippen molar-refractivity contribution in [2.24, 2.45) is 0 Å². The molecule has 1 N–H and O–H groups in total. The monoisotopic (exact) mass is 421 g/mol. The molecule has 0 bridgehead atoms. The Morgan fingerprint density at radius 2 is 2.04 bits per heavy atom. The highest BCUT2D eigenvalue weighted by molar-refractivity contribution is 7.89. The molecule has 8 heteroatoms. The van der Waals surface area contributed by atoms with Gasteiger partial charge < -0.3 is 5.32 Å². The fourth-order valence-electron chi connectivity index (χ4n) is 3.65. The molecule has 1 atom stereocenters. The number of hydrogen-bond acceptors (Lipinski definition) is 5. The van der Waals surface area contributed by atoms with E-state index in [1.54, 1.807) is 29.5 Å². The van der Waals surface area contributed by atoms with E-state index in [-0.39, 0.29) is 10.8 Å². The SMILES string of the molecule is CCN(CC)S(=O)(=O)c1cccc(NC(=O)CN2CCC[C@H]2c2cccs2)c1. The van der Waals surface area contributed by atoms with Crippen LogP contribution < -0.4 is 5.32 Å². The highest BCUT2D eigenvalue weighted by Gasteiger charge is 2.28. The van der Waals surface area contributed by atoms with Crippen molar-refractivity contribution in [3.05, 3.63) is 46.7 Å². The number of amides is 1. The number of nitrogens with zero attached hydrogens (tertiary/aromatic N) is 2. The highest BCUT2D eigenvalue weighted by atomic mass is 32.2. The second-order valence-corrected chi connectivity index (χ2v) is 9.73. The lowest BCUT2D eigenvalue weighted by Gasteiger charge is -2.23. The molecule has 2 aromatic rings. The van der Waals surface area contributed by atoms with Crippen LogP contribution in [0.25, 0.3) is 0 Å². The van der Waals surface area contributed by atoms with E-state index in [2.05, 4.69) is 21.7 Å². The van der Waals surface area contributed by atoms with Gasteiger partial charge in [0.1, 0.15) is 0 Å². The number of likely N-dealkylation sites (tertiary alicyclic amines) is 1. The zero-order valence-electron chi connectivity index (χ0n) is 16.3. The summed E-state index contributed by atoms with van der Waals surface area (Å²) in [6.07, 6.45) is 2.14. The zero-order valence-corrected chi connectivity index (χ0v) is 17.9. The lowest BCUT2D eigenvalue weighted by molar-refractivity contribution is -0.117. The van der Waals surface area contributed by atoms with Crippen molar-refractivity contribution < 1.29 is 13.2 Å². The summed E-state index contributed by atoms with van der Waals surface area (Å²) in [7, 11) is -3.55. The number of carbonyl (C=O) groups excluding carboxylic acids is 1. The number of benzene rings is 1. The summed E-state index contributed by atoms with van der Waals surface area (Å²) in [5, 5.41) is 4.93. The Kier molecular flexibility index (Phi) is 6.87. The molecule has 1 fully saturated rings. The van der Waals surface area contributed by atoms with Gasteiger partial charge in [0.15, 0.2) is 0 Å². The third kappa shape index (κ3) is 4.63. The van der Waals surface area contributed by atoms with Gasteiger partial charge in [0.2, 0.25) is 15.9 Å². The molecule has 0 unspecified atom stereocenters. The third-order valence-electron chi connectivity index (χ3n) is 5.04. The molecular formula is C20H27N3O3S2. The Morgan fingerprint density at radius 1 is 1.25 bits per heavy atom. The van der Waals surface area contributed by atoms with Crippen molar-refractivity contribution in [1.82, 2.24) is 9.21 Å². The fraction of sp³-hybridized carbons (Fsp3) is 0.450. The summed E-state index contributed by atoms with van der Waals surface area (Å²) in [5.74, 6) is -0.124. The molecule has 0 spiro atoms. The van der Waals surface area contributed by atoms with Crippen molar-refractivity contribution >= 4 is 33.0 Å². The molecule has 1 aromatic heterocycles. The van der Waals surface area contributed by atoms with Crippen LogP contribution in [-0.2, 0) is 14.8 Å². The Morgan fingerprint density at radius 3 is 2.71 bits per heavy atom. The molecule has 1 saturated heterocycles. The van der Waals surface area contributed by atoms with Crippen LogP contribution in [0.1, 0.15) is 37.6 Å². The predicted molar refractivity (Wildman–Crippen MR) is 113 cm³/mol. The van der Waals surface area contributed by atoms with Gasteiger partial charge in [-0.25, -0.2) is 8.42 Å². The van der Waals surface area contributed by atoms with E-state index < -0.39 is 10.0 Å². The molecule has 28 heavy (non-hydrogen) atoms. The van der Waals surface area contributed by atoms with Gasteiger partial charge in [0, 0.05) is 29.7 Å². The standard InChI is InChI=1S/C20H27N3O3S2/c1-3-23(4-2)28(25,26)17-9-5-8-16(14-17)21-20(24)15-22-12-6-10-18(22)19-11-7-13-27-19/h5,7-9,11,13-14,18H,3-4,6,10,12,15H2,1-2H3,(H,21,24)/t18-/m0/s1. The summed E-state index contributed by atoms with van der Waals surface area (Å²) in [5.41, 5.74) is 0.505. The van der Waals surface area contributed by atoms with Gasteiger partial charge in [0.25, 0.3) is 0 Å². The van der Waals surface area contributed by atoms with Crippen LogP contribution in [0.5, 0.6) is 0 Å². The molecule has 0 aliphatic carbocycles. The first kappa shape index (κ1) is 21.0. The predicted octanol–water partition coefficient (Wildman–Crippen LogP) is 3.55. The van der Waals surface area contributed by atoms with Crippen LogP contribution in [0.15, 0.2) is 46.7 Å². The molecule has 1 amide bonds. The molecule has 152 valence electrons. The van der Waals surface area contributed by atoms with E-state index in [0.717, 1.165) is 19.4 Å². The Bertz CT molecular complexity index is 893. The van der Waals surface area contributed by atoms with Crippen LogP contribution >= 0.6 is 11.3 Å². The average Bonchev–Trinajstić information content (AvgIpc) is 3.34. The van der Waals surface area contributed by atoms with Crippen LogP contribution in [0.4, 0.5) is 5.69 Å². The van der Waals surface area contributed by atoms with Crippen molar-refractivity contribution in [3.63, 3.8) is 0 Å². The third-order valence-corrected chi connectivity index (χ3v) is 8.06. The van der Waals surface area contributed by atoms with E-state index in [9.17, 15) is 13.2 Å². The first-order valence-corrected chi connectivity index (χ1v) is 11.9. The van der Waals surface area contributed by atoms with E-state index in [0.29, 0.717) is 31.4 Å². The first-order valence-electron chi connectivity index (χ1n) is 9.63. The normalized spacial score (nSPS) is 17.9. The van der Waals surface area contributed by atoms with Crippen molar-refractivity contribution in [3.8, 4) is 0 Å². The van der Waals surface area contributed by atoms with E-state index in [4.69, 9.17) is 0 Å². The quantitative estimate of drug-likeness (QED) is 0.708.